The molecule has 16 heavy (non-hydrogen) atoms. The predicted molar refractivity (Wildman–Crippen MR) is 70.9 cm³/mol. The molecule has 1 atom stereocenters. The normalized spacial score (nSPS) is 21.2. The first-order valence-corrected chi connectivity index (χ1v) is 6.72. The van der Waals surface area contributed by atoms with E-state index in [0.29, 0.717) is 0 Å². The van der Waals surface area contributed by atoms with E-state index in [1.807, 2.05) is 0 Å². The number of hydrogen-bond donors (Lipinski definition) is 1. The maximum Gasteiger partial charge on any atom is -0.000960 e. The molecule has 0 radical (unpaired) electrons. The van der Waals surface area contributed by atoms with Gasteiger partial charge in [0.15, 0.2) is 0 Å². The van der Waals surface area contributed by atoms with Crippen molar-refractivity contribution in [1.82, 2.24) is 15.1 Å². The largest absolute Gasteiger partial charge is 0.316 e. The van der Waals surface area contributed by atoms with Crippen LogP contribution in [0.5, 0.6) is 0 Å². The molecule has 0 aromatic heterocycles. The fourth-order valence-corrected chi connectivity index (χ4v) is 2.38. The highest BCUT2D eigenvalue weighted by atomic mass is 15.1. The maximum absolute atomic E-state index is 3.44. The van der Waals surface area contributed by atoms with Gasteiger partial charge in [0.1, 0.15) is 0 Å². The molecule has 1 unspecified atom stereocenters. The van der Waals surface area contributed by atoms with Gasteiger partial charge in [-0.3, -0.25) is 0 Å². The van der Waals surface area contributed by atoms with Gasteiger partial charge < -0.3 is 15.1 Å². The van der Waals surface area contributed by atoms with Crippen molar-refractivity contribution in [3.63, 3.8) is 0 Å². The summed E-state index contributed by atoms with van der Waals surface area (Å²) in [5, 5.41) is 3.44. The Labute approximate surface area is 101 Å². The molecule has 3 nitrogen and oxygen atoms in total. The van der Waals surface area contributed by atoms with Crippen molar-refractivity contribution in [2.45, 2.75) is 25.7 Å². The van der Waals surface area contributed by atoms with Crippen LogP contribution in [-0.4, -0.2) is 63.7 Å². The van der Waals surface area contributed by atoms with E-state index in [0.717, 1.165) is 5.92 Å². The van der Waals surface area contributed by atoms with E-state index < -0.39 is 0 Å². The monoisotopic (exact) mass is 227 g/mol. The maximum atomic E-state index is 3.44. The van der Waals surface area contributed by atoms with Crippen LogP contribution in [0, 0.1) is 5.92 Å². The summed E-state index contributed by atoms with van der Waals surface area (Å²) < 4.78 is 0. The minimum atomic E-state index is 0.954. The van der Waals surface area contributed by atoms with E-state index in [4.69, 9.17) is 0 Å². The summed E-state index contributed by atoms with van der Waals surface area (Å²) in [6, 6.07) is 0. The lowest BCUT2D eigenvalue weighted by Crippen LogP contribution is -2.25. The number of hydrogen-bond acceptors (Lipinski definition) is 3. The lowest BCUT2D eigenvalue weighted by atomic mass is 10.0. The molecule has 0 amide bonds. The molecular formula is C13H29N3. The number of nitrogens with zero attached hydrogens (tertiary/aromatic N) is 2. The zero-order valence-electron chi connectivity index (χ0n) is 11.3. The van der Waals surface area contributed by atoms with E-state index in [2.05, 4.69) is 36.3 Å². The number of nitrogens with one attached hydrogen (secondary N) is 1. The van der Waals surface area contributed by atoms with Gasteiger partial charge in [0.05, 0.1) is 0 Å². The topological polar surface area (TPSA) is 18.5 Å². The highest BCUT2D eigenvalue weighted by molar-refractivity contribution is 4.71. The summed E-state index contributed by atoms with van der Waals surface area (Å²) in [5.41, 5.74) is 0. The molecular weight excluding hydrogens is 198 g/mol. The van der Waals surface area contributed by atoms with Crippen LogP contribution in [0.1, 0.15) is 25.7 Å². The van der Waals surface area contributed by atoms with Gasteiger partial charge in [0.25, 0.3) is 0 Å². The smallest absolute Gasteiger partial charge is 0.000960 e. The lowest BCUT2D eigenvalue weighted by Gasteiger charge is -2.18. The van der Waals surface area contributed by atoms with Crippen LogP contribution < -0.4 is 5.32 Å². The first kappa shape index (κ1) is 13.9. The highest BCUT2D eigenvalue weighted by Crippen LogP contribution is 2.14. The average molecular weight is 227 g/mol. The molecule has 0 spiro atoms. The summed E-state index contributed by atoms with van der Waals surface area (Å²) >= 11 is 0. The van der Waals surface area contributed by atoms with Crippen molar-refractivity contribution in [3.05, 3.63) is 0 Å². The highest BCUT2D eigenvalue weighted by Gasteiger charge is 2.13. The zero-order valence-corrected chi connectivity index (χ0v) is 11.3. The van der Waals surface area contributed by atoms with Crippen molar-refractivity contribution >= 4 is 0 Å². The second kappa shape index (κ2) is 8.04. The molecule has 0 bridgehead atoms. The predicted octanol–water partition coefficient (Wildman–Crippen LogP) is 1.26. The van der Waals surface area contributed by atoms with E-state index in [-0.39, 0.29) is 0 Å². The van der Waals surface area contributed by atoms with Crippen LogP contribution in [0.15, 0.2) is 0 Å². The van der Waals surface area contributed by atoms with E-state index in [9.17, 15) is 0 Å². The summed E-state index contributed by atoms with van der Waals surface area (Å²) in [4.78, 5) is 4.74. The van der Waals surface area contributed by atoms with E-state index in [1.165, 1.54) is 58.4 Å². The van der Waals surface area contributed by atoms with Gasteiger partial charge in [0.2, 0.25) is 0 Å². The van der Waals surface area contributed by atoms with Crippen LogP contribution in [0.25, 0.3) is 0 Å². The van der Waals surface area contributed by atoms with Gasteiger partial charge in [0, 0.05) is 0 Å². The average Bonchev–Trinajstić information content (AvgIpc) is 2.70. The van der Waals surface area contributed by atoms with E-state index in [1.54, 1.807) is 0 Å². The second-order valence-corrected chi connectivity index (χ2v) is 5.46. The summed E-state index contributed by atoms with van der Waals surface area (Å²) in [6.45, 7) is 6.20. The van der Waals surface area contributed by atoms with Gasteiger partial charge in [-0.15, -0.1) is 0 Å². The van der Waals surface area contributed by atoms with Crippen LogP contribution >= 0.6 is 0 Å². The number of rotatable bonds is 8. The standard InChI is InChI=1S/C13H29N3/c1-15(2)9-5-11-16(3)10-4-6-13-7-8-14-12-13/h13-14H,4-12H2,1-3H3. The molecule has 0 saturated carbocycles. The molecule has 1 fully saturated rings. The summed E-state index contributed by atoms with van der Waals surface area (Å²) in [6.07, 6.45) is 5.45. The molecule has 0 aliphatic carbocycles. The van der Waals surface area contributed by atoms with Gasteiger partial charge in [-0.25, -0.2) is 0 Å². The van der Waals surface area contributed by atoms with Crippen molar-refractivity contribution < 1.29 is 0 Å². The molecule has 0 aromatic carbocycles. The Balaban J connectivity index is 1.91. The Bertz CT molecular complexity index is 165. The van der Waals surface area contributed by atoms with Gasteiger partial charge in [-0.1, -0.05) is 0 Å². The molecule has 1 aliphatic rings. The SMILES string of the molecule is CN(C)CCCN(C)CCCC1CCNC1. The third-order valence-corrected chi connectivity index (χ3v) is 3.46. The van der Waals surface area contributed by atoms with Crippen LogP contribution in [-0.2, 0) is 0 Å². The Morgan fingerprint density at radius 3 is 2.44 bits per heavy atom. The lowest BCUT2D eigenvalue weighted by molar-refractivity contribution is 0.289. The summed E-state index contributed by atoms with van der Waals surface area (Å²) in [5.74, 6) is 0.954. The minimum absolute atomic E-state index is 0.954. The van der Waals surface area contributed by atoms with Crippen LogP contribution in [0.3, 0.4) is 0 Å². The van der Waals surface area contributed by atoms with Crippen molar-refractivity contribution in [1.29, 1.82) is 0 Å². The molecule has 1 N–H and O–H groups in total. The Morgan fingerprint density at radius 1 is 1.06 bits per heavy atom. The second-order valence-electron chi connectivity index (χ2n) is 5.46. The Kier molecular flexibility index (Phi) is 7.01. The molecule has 1 rings (SSSR count). The molecule has 1 aliphatic heterocycles. The molecule has 3 heteroatoms. The zero-order chi connectivity index (χ0) is 11.8. The molecule has 1 saturated heterocycles. The van der Waals surface area contributed by atoms with Gasteiger partial charge in [-0.05, 0) is 85.5 Å². The van der Waals surface area contributed by atoms with E-state index >= 15 is 0 Å². The fourth-order valence-electron chi connectivity index (χ4n) is 2.38. The Morgan fingerprint density at radius 2 is 1.81 bits per heavy atom. The summed E-state index contributed by atoms with van der Waals surface area (Å²) in [7, 11) is 6.54. The first-order chi connectivity index (χ1) is 7.68. The van der Waals surface area contributed by atoms with Crippen molar-refractivity contribution in [3.8, 4) is 0 Å². The minimum Gasteiger partial charge on any atom is -0.316 e. The quantitative estimate of drug-likeness (QED) is 0.673. The van der Waals surface area contributed by atoms with Gasteiger partial charge in [-0.2, -0.15) is 0 Å². The third-order valence-electron chi connectivity index (χ3n) is 3.46. The van der Waals surface area contributed by atoms with Gasteiger partial charge >= 0.3 is 0 Å². The van der Waals surface area contributed by atoms with Crippen molar-refractivity contribution in [2.75, 3.05) is 53.9 Å². The fraction of sp³-hybridized carbons (Fsp3) is 1.00. The first-order valence-electron chi connectivity index (χ1n) is 6.72. The molecule has 0 aromatic rings. The molecule has 1 heterocycles. The van der Waals surface area contributed by atoms with Crippen molar-refractivity contribution in [2.24, 2.45) is 5.92 Å². The van der Waals surface area contributed by atoms with Crippen LogP contribution in [0.2, 0.25) is 0 Å². The van der Waals surface area contributed by atoms with Crippen LogP contribution in [0.4, 0.5) is 0 Å². The Hall–Kier alpha value is -0.120. The molecule has 96 valence electrons. The third kappa shape index (κ3) is 6.46.